The van der Waals surface area contributed by atoms with Gasteiger partial charge in [0.05, 0.1) is 6.61 Å². The van der Waals surface area contributed by atoms with E-state index in [1.54, 1.807) is 0 Å². The number of carbonyl (C=O) groups excluding carboxylic acids is 3. The van der Waals surface area contributed by atoms with Gasteiger partial charge in [-0.05, 0) is 12.8 Å². The molecule has 10 nitrogen and oxygen atoms in total. The van der Waals surface area contributed by atoms with E-state index < -0.39 is 54.5 Å². The van der Waals surface area contributed by atoms with Crippen molar-refractivity contribution in [3.05, 3.63) is 0 Å². The molecule has 148 valence electrons. The first kappa shape index (κ1) is 22.5. The van der Waals surface area contributed by atoms with Gasteiger partial charge in [0.25, 0.3) is 0 Å². The zero-order valence-corrected chi connectivity index (χ0v) is 15.8. The van der Waals surface area contributed by atoms with Gasteiger partial charge in [0.15, 0.2) is 0 Å². The van der Waals surface area contributed by atoms with Crippen LogP contribution in [0.3, 0.4) is 0 Å². The summed E-state index contributed by atoms with van der Waals surface area (Å²) in [4.78, 5) is 49.0. The number of carboxylic acid groups (broad SMARTS) is 1. The summed E-state index contributed by atoms with van der Waals surface area (Å²) in [5, 5.41) is 22.8. The maximum Gasteiger partial charge on any atom is 0.326 e. The third-order valence-electron chi connectivity index (χ3n) is 3.97. The molecule has 0 aromatic carbocycles. The smallest absolute Gasteiger partial charge is 0.326 e. The highest BCUT2D eigenvalue weighted by Crippen LogP contribution is 2.18. The van der Waals surface area contributed by atoms with E-state index in [1.165, 1.54) is 4.90 Å². The average Bonchev–Trinajstić information content (AvgIpc) is 3.12. The lowest BCUT2D eigenvalue weighted by Gasteiger charge is -2.27. The van der Waals surface area contributed by atoms with Crippen molar-refractivity contribution in [3.63, 3.8) is 0 Å². The fourth-order valence-corrected chi connectivity index (χ4v) is 3.01. The summed E-state index contributed by atoms with van der Waals surface area (Å²) >= 11 is 8.04. The third kappa shape index (κ3) is 5.76. The number of carbonyl (C=O) groups is 4. The Morgan fingerprint density at radius 2 is 1.69 bits per heavy atom. The standard InChI is InChI=1S/C14H24N4O6S2/c15-7(4-19)11(20)16-8(5-25)12(21)17-9(6-26)13(22)18-3-1-2-10(18)14(23)24/h7-10,19,25-26H,1-6,15H2,(H,16,20)(H,17,21)(H,23,24). The van der Waals surface area contributed by atoms with Gasteiger partial charge in [-0.25, -0.2) is 4.79 Å². The quantitative estimate of drug-likeness (QED) is 0.203. The first-order valence-electron chi connectivity index (χ1n) is 7.99. The van der Waals surface area contributed by atoms with Crippen molar-refractivity contribution < 1.29 is 29.4 Å². The number of aliphatic hydroxyl groups is 1. The van der Waals surface area contributed by atoms with Crippen LogP contribution in [0, 0.1) is 0 Å². The summed E-state index contributed by atoms with van der Waals surface area (Å²) in [6.45, 7) is -0.302. The molecule has 0 aliphatic carbocycles. The van der Waals surface area contributed by atoms with Gasteiger partial charge >= 0.3 is 5.97 Å². The van der Waals surface area contributed by atoms with Gasteiger partial charge in [-0.2, -0.15) is 25.3 Å². The van der Waals surface area contributed by atoms with Crippen molar-refractivity contribution in [2.75, 3.05) is 24.7 Å². The lowest BCUT2D eigenvalue weighted by Crippen LogP contribution is -2.58. The van der Waals surface area contributed by atoms with E-state index in [2.05, 4.69) is 35.9 Å². The Morgan fingerprint density at radius 1 is 1.12 bits per heavy atom. The van der Waals surface area contributed by atoms with E-state index >= 15 is 0 Å². The van der Waals surface area contributed by atoms with Crippen LogP contribution in [0.5, 0.6) is 0 Å². The number of amides is 3. The Balaban J connectivity index is 2.75. The van der Waals surface area contributed by atoms with E-state index in [0.717, 1.165) is 0 Å². The number of aliphatic carboxylic acids is 1. The third-order valence-corrected chi connectivity index (χ3v) is 4.70. The van der Waals surface area contributed by atoms with Crippen molar-refractivity contribution in [3.8, 4) is 0 Å². The van der Waals surface area contributed by atoms with E-state index in [-0.39, 0.29) is 18.1 Å². The summed E-state index contributed by atoms with van der Waals surface area (Å²) in [6, 6.07) is -4.23. The van der Waals surface area contributed by atoms with E-state index in [1.807, 2.05) is 0 Å². The zero-order chi connectivity index (χ0) is 19.9. The van der Waals surface area contributed by atoms with E-state index in [4.69, 9.17) is 10.8 Å². The number of nitrogens with zero attached hydrogens (tertiary/aromatic N) is 1. The molecule has 0 spiro atoms. The summed E-state index contributed by atoms with van der Waals surface area (Å²) in [6.07, 6.45) is 0.910. The molecule has 0 aromatic heterocycles. The number of rotatable bonds is 9. The highest BCUT2D eigenvalue weighted by atomic mass is 32.1. The number of nitrogens with two attached hydrogens (primary N) is 1. The lowest BCUT2D eigenvalue weighted by atomic mass is 10.2. The zero-order valence-electron chi connectivity index (χ0n) is 14.0. The molecule has 1 aliphatic rings. The van der Waals surface area contributed by atoms with E-state index in [0.29, 0.717) is 12.8 Å². The highest BCUT2D eigenvalue weighted by Gasteiger charge is 2.37. The Morgan fingerprint density at radius 3 is 2.19 bits per heavy atom. The van der Waals surface area contributed by atoms with Gasteiger partial charge in [0.1, 0.15) is 24.2 Å². The topological polar surface area (TPSA) is 162 Å². The van der Waals surface area contributed by atoms with Crippen LogP contribution in [0.4, 0.5) is 0 Å². The molecule has 3 amide bonds. The Kier molecular flexibility index (Phi) is 9.19. The van der Waals surface area contributed by atoms with Crippen LogP contribution in [0.25, 0.3) is 0 Å². The molecule has 0 aromatic rings. The summed E-state index contributed by atoms with van der Waals surface area (Å²) in [7, 11) is 0. The lowest BCUT2D eigenvalue weighted by molar-refractivity contribution is -0.149. The molecule has 4 unspecified atom stereocenters. The van der Waals surface area contributed by atoms with Crippen LogP contribution in [0.1, 0.15) is 12.8 Å². The highest BCUT2D eigenvalue weighted by molar-refractivity contribution is 7.80. The summed E-state index contributed by atoms with van der Waals surface area (Å²) < 4.78 is 0. The summed E-state index contributed by atoms with van der Waals surface area (Å²) in [5.41, 5.74) is 5.37. The Bertz CT molecular complexity index is 550. The van der Waals surface area contributed by atoms with Gasteiger partial charge in [0, 0.05) is 18.1 Å². The molecule has 4 atom stereocenters. The second-order valence-electron chi connectivity index (χ2n) is 5.80. The predicted molar refractivity (Wildman–Crippen MR) is 99.0 cm³/mol. The number of carboxylic acids is 1. The minimum absolute atomic E-state index is 0.0448. The van der Waals surface area contributed by atoms with Gasteiger partial charge < -0.3 is 31.5 Å². The fourth-order valence-electron chi connectivity index (χ4n) is 2.50. The van der Waals surface area contributed by atoms with Crippen molar-refractivity contribution >= 4 is 48.9 Å². The molecule has 1 heterocycles. The minimum atomic E-state index is -1.19. The number of hydrogen-bond donors (Lipinski definition) is 7. The second-order valence-corrected chi connectivity index (χ2v) is 6.53. The van der Waals surface area contributed by atoms with Crippen molar-refractivity contribution in [2.24, 2.45) is 5.73 Å². The molecule has 1 rings (SSSR count). The van der Waals surface area contributed by atoms with Crippen LogP contribution in [-0.4, -0.2) is 87.6 Å². The van der Waals surface area contributed by atoms with Crippen LogP contribution in [-0.2, 0) is 19.2 Å². The molecule has 26 heavy (non-hydrogen) atoms. The van der Waals surface area contributed by atoms with Gasteiger partial charge in [-0.15, -0.1) is 0 Å². The number of thiol groups is 2. The SMILES string of the molecule is NC(CO)C(=O)NC(CS)C(=O)NC(CS)C(=O)N1CCCC1C(=O)O. The van der Waals surface area contributed by atoms with Gasteiger partial charge in [-0.3, -0.25) is 14.4 Å². The molecule has 1 aliphatic heterocycles. The molecular formula is C14H24N4O6S2. The molecule has 0 bridgehead atoms. The van der Waals surface area contributed by atoms with Gasteiger partial charge in [-0.1, -0.05) is 0 Å². The molecule has 0 radical (unpaired) electrons. The first-order chi connectivity index (χ1) is 12.3. The molecule has 12 heteroatoms. The maximum atomic E-state index is 12.6. The van der Waals surface area contributed by atoms with Crippen LogP contribution >= 0.6 is 25.3 Å². The molecule has 6 N–H and O–H groups in total. The predicted octanol–water partition coefficient (Wildman–Crippen LogP) is -2.79. The normalized spacial score (nSPS) is 20.2. The molecule has 1 saturated heterocycles. The second kappa shape index (κ2) is 10.6. The van der Waals surface area contributed by atoms with Crippen molar-refractivity contribution in [1.29, 1.82) is 0 Å². The monoisotopic (exact) mass is 408 g/mol. The van der Waals surface area contributed by atoms with Crippen molar-refractivity contribution in [1.82, 2.24) is 15.5 Å². The summed E-state index contributed by atoms with van der Waals surface area (Å²) in [5.74, 6) is -3.17. The number of likely N-dealkylation sites (tertiary alicyclic amines) is 1. The van der Waals surface area contributed by atoms with Crippen LogP contribution in [0.2, 0.25) is 0 Å². The Hall–Kier alpha value is -1.50. The largest absolute Gasteiger partial charge is 0.480 e. The fraction of sp³-hybridized carbons (Fsp3) is 0.714. The molecule has 0 saturated carbocycles. The van der Waals surface area contributed by atoms with Crippen LogP contribution < -0.4 is 16.4 Å². The van der Waals surface area contributed by atoms with Crippen molar-refractivity contribution in [2.45, 2.75) is 37.0 Å². The first-order valence-corrected chi connectivity index (χ1v) is 9.25. The molecule has 1 fully saturated rings. The molecular weight excluding hydrogens is 384 g/mol. The van der Waals surface area contributed by atoms with Crippen LogP contribution in [0.15, 0.2) is 0 Å². The van der Waals surface area contributed by atoms with E-state index in [9.17, 15) is 24.3 Å². The number of aliphatic hydroxyl groups excluding tert-OH is 1. The minimum Gasteiger partial charge on any atom is -0.480 e. The Labute approximate surface area is 161 Å². The number of nitrogens with one attached hydrogen (secondary N) is 2. The maximum absolute atomic E-state index is 12.6. The average molecular weight is 409 g/mol. The van der Waals surface area contributed by atoms with Gasteiger partial charge in [0.2, 0.25) is 17.7 Å². The number of hydrogen-bond acceptors (Lipinski definition) is 8.